The first-order valence-electron chi connectivity index (χ1n) is 8.98. The second-order valence-electron chi connectivity index (χ2n) is 6.30. The summed E-state index contributed by atoms with van der Waals surface area (Å²) in [5.41, 5.74) is 2.49. The van der Waals surface area contributed by atoms with Crippen molar-refractivity contribution in [1.29, 1.82) is 0 Å². The van der Waals surface area contributed by atoms with Gasteiger partial charge in [0.1, 0.15) is 18.2 Å². The molecule has 0 saturated heterocycles. The molecule has 0 radical (unpaired) electrons. The van der Waals surface area contributed by atoms with Crippen molar-refractivity contribution in [1.82, 2.24) is 4.98 Å². The fourth-order valence-corrected chi connectivity index (χ4v) is 3.58. The van der Waals surface area contributed by atoms with Crippen molar-refractivity contribution in [2.45, 2.75) is 6.61 Å². The molecule has 0 unspecified atom stereocenters. The van der Waals surface area contributed by atoms with E-state index < -0.39 is 0 Å². The summed E-state index contributed by atoms with van der Waals surface area (Å²) in [7, 11) is 0. The number of para-hydroxylation sites is 1. The van der Waals surface area contributed by atoms with Gasteiger partial charge in [-0.05, 0) is 53.6 Å². The van der Waals surface area contributed by atoms with Gasteiger partial charge in [0.15, 0.2) is 5.13 Å². The SMILES string of the molecule is O=C(/C=C/c1ccc(OCc2cccc(F)c2)cc1)Nc1nc2ccccc2s1. The molecule has 0 atom stereocenters. The van der Waals surface area contributed by atoms with Gasteiger partial charge in [0.2, 0.25) is 5.91 Å². The van der Waals surface area contributed by atoms with Crippen LogP contribution in [-0.2, 0) is 11.4 Å². The first-order chi connectivity index (χ1) is 14.2. The number of rotatable bonds is 6. The van der Waals surface area contributed by atoms with Gasteiger partial charge in [-0.15, -0.1) is 0 Å². The number of ether oxygens (including phenoxy) is 1. The highest BCUT2D eigenvalue weighted by molar-refractivity contribution is 7.22. The zero-order valence-corrected chi connectivity index (χ0v) is 16.2. The smallest absolute Gasteiger partial charge is 0.250 e. The molecule has 3 aromatic carbocycles. The zero-order chi connectivity index (χ0) is 20.1. The van der Waals surface area contributed by atoms with Gasteiger partial charge in [-0.1, -0.05) is 47.7 Å². The minimum atomic E-state index is -0.282. The highest BCUT2D eigenvalue weighted by Crippen LogP contribution is 2.25. The van der Waals surface area contributed by atoms with Crippen molar-refractivity contribution in [3.8, 4) is 5.75 Å². The minimum Gasteiger partial charge on any atom is -0.489 e. The second-order valence-corrected chi connectivity index (χ2v) is 7.33. The molecule has 0 bridgehead atoms. The van der Waals surface area contributed by atoms with Crippen LogP contribution in [0.4, 0.5) is 9.52 Å². The maximum Gasteiger partial charge on any atom is 0.250 e. The van der Waals surface area contributed by atoms with E-state index in [0.717, 1.165) is 21.3 Å². The van der Waals surface area contributed by atoms with Gasteiger partial charge in [0.05, 0.1) is 10.2 Å². The predicted octanol–water partition coefficient (Wildman–Crippen LogP) is 5.67. The first-order valence-corrected chi connectivity index (χ1v) is 9.79. The quantitative estimate of drug-likeness (QED) is 0.422. The lowest BCUT2D eigenvalue weighted by Gasteiger charge is -2.06. The number of amides is 1. The molecule has 4 rings (SSSR count). The van der Waals surface area contributed by atoms with Gasteiger partial charge < -0.3 is 4.74 Å². The molecule has 29 heavy (non-hydrogen) atoms. The van der Waals surface area contributed by atoms with Gasteiger partial charge in [0, 0.05) is 6.08 Å². The van der Waals surface area contributed by atoms with Crippen molar-refractivity contribution in [2.75, 3.05) is 5.32 Å². The number of carbonyl (C=O) groups excluding carboxylic acids is 1. The standard InChI is InChI=1S/C23H17FN2O2S/c24-18-5-3-4-17(14-18)15-28-19-11-8-16(9-12-19)10-13-22(27)26-23-25-20-6-1-2-7-21(20)29-23/h1-14H,15H2,(H,25,26,27)/b13-10+. The minimum absolute atomic E-state index is 0.240. The average Bonchev–Trinajstić information content (AvgIpc) is 3.14. The molecule has 0 aliphatic heterocycles. The number of hydrogen-bond acceptors (Lipinski definition) is 4. The Hall–Kier alpha value is -3.51. The van der Waals surface area contributed by atoms with Crippen LogP contribution >= 0.6 is 11.3 Å². The molecule has 1 heterocycles. The van der Waals surface area contributed by atoms with Crippen molar-refractivity contribution in [3.63, 3.8) is 0 Å². The molecule has 6 heteroatoms. The first kappa shape index (κ1) is 18.8. The van der Waals surface area contributed by atoms with Gasteiger partial charge in [0.25, 0.3) is 0 Å². The van der Waals surface area contributed by atoms with E-state index >= 15 is 0 Å². The molecule has 0 aliphatic rings. The molecule has 0 saturated carbocycles. The molecule has 4 aromatic rings. The van der Waals surface area contributed by atoms with Gasteiger partial charge in [-0.25, -0.2) is 9.37 Å². The molecule has 1 amide bonds. The van der Waals surface area contributed by atoms with Crippen LogP contribution in [0, 0.1) is 5.82 Å². The lowest BCUT2D eigenvalue weighted by molar-refractivity contribution is -0.111. The largest absolute Gasteiger partial charge is 0.489 e. The van der Waals surface area contributed by atoms with Gasteiger partial charge in [-0.2, -0.15) is 0 Å². The number of hydrogen-bond donors (Lipinski definition) is 1. The van der Waals surface area contributed by atoms with Crippen molar-refractivity contribution in [2.24, 2.45) is 0 Å². The molecule has 1 N–H and O–H groups in total. The van der Waals surface area contributed by atoms with E-state index in [1.807, 2.05) is 54.6 Å². The third kappa shape index (κ3) is 5.06. The number of thiazole rings is 1. The number of nitrogens with zero attached hydrogens (tertiary/aromatic N) is 1. The van der Waals surface area contributed by atoms with E-state index in [1.54, 1.807) is 12.1 Å². The Kier molecular flexibility index (Phi) is 5.63. The van der Waals surface area contributed by atoms with Crippen molar-refractivity contribution in [3.05, 3.63) is 95.8 Å². The summed E-state index contributed by atoms with van der Waals surface area (Å²) in [6.07, 6.45) is 3.19. The number of aromatic nitrogens is 1. The fraction of sp³-hybridized carbons (Fsp3) is 0.0435. The van der Waals surface area contributed by atoms with Gasteiger partial charge in [-0.3, -0.25) is 10.1 Å². The van der Waals surface area contributed by atoms with Crippen LogP contribution in [0.15, 0.2) is 78.9 Å². The summed E-state index contributed by atoms with van der Waals surface area (Å²) in [4.78, 5) is 16.5. The summed E-state index contributed by atoms with van der Waals surface area (Å²) >= 11 is 1.44. The zero-order valence-electron chi connectivity index (χ0n) is 15.3. The Balaban J connectivity index is 1.32. The summed E-state index contributed by atoms with van der Waals surface area (Å²) in [5, 5.41) is 3.35. The molecule has 1 aromatic heterocycles. The highest BCUT2D eigenvalue weighted by Gasteiger charge is 2.05. The Morgan fingerprint density at radius 3 is 2.69 bits per heavy atom. The van der Waals surface area contributed by atoms with Crippen LogP contribution in [0.5, 0.6) is 5.75 Å². The molecule has 4 nitrogen and oxygen atoms in total. The third-order valence-corrected chi connectivity index (χ3v) is 5.08. The third-order valence-electron chi connectivity index (χ3n) is 4.13. The molecule has 0 aliphatic carbocycles. The van der Waals surface area contributed by atoms with Crippen LogP contribution < -0.4 is 10.1 Å². The normalized spacial score (nSPS) is 11.1. The van der Waals surface area contributed by atoms with E-state index in [9.17, 15) is 9.18 Å². The van der Waals surface area contributed by atoms with E-state index in [2.05, 4.69) is 10.3 Å². The Labute approximate surface area is 171 Å². The topological polar surface area (TPSA) is 51.2 Å². The maximum absolute atomic E-state index is 13.2. The molecule has 0 spiro atoms. The van der Waals surface area contributed by atoms with Gasteiger partial charge >= 0.3 is 0 Å². The van der Waals surface area contributed by atoms with Crippen molar-refractivity contribution >= 4 is 38.7 Å². The van der Waals surface area contributed by atoms with E-state index in [0.29, 0.717) is 10.9 Å². The Morgan fingerprint density at radius 2 is 1.90 bits per heavy atom. The Morgan fingerprint density at radius 1 is 1.07 bits per heavy atom. The number of fused-ring (bicyclic) bond motifs is 1. The average molecular weight is 404 g/mol. The van der Waals surface area contributed by atoms with Crippen LogP contribution in [0.1, 0.15) is 11.1 Å². The monoisotopic (exact) mass is 404 g/mol. The van der Waals surface area contributed by atoms with Crippen LogP contribution in [0.25, 0.3) is 16.3 Å². The summed E-state index contributed by atoms with van der Waals surface area (Å²) in [5.74, 6) is 0.150. The van der Waals surface area contributed by atoms with E-state index in [4.69, 9.17) is 4.74 Å². The molecule has 144 valence electrons. The summed E-state index contributed by atoms with van der Waals surface area (Å²) in [6, 6.07) is 21.4. The number of nitrogens with one attached hydrogen (secondary N) is 1. The number of halogens is 1. The second kappa shape index (κ2) is 8.67. The van der Waals surface area contributed by atoms with Crippen LogP contribution in [0.2, 0.25) is 0 Å². The maximum atomic E-state index is 13.2. The van der Waals surface area contributed by atoms with E-state index in [-0.39, 0.29) is 18.3 Å². The predicted molar refractivity (Wildman–Crippen MR) is 114 cm³/mol. The van der Waals surface area contributed by atoms with Crippen molar-refractivity contribution < 1.29 is 13.9 Å². The molecular weight excluding hydrogens is 387 g/mol. The van der Waals surface area contributed by atoms with E-state index in [1.165, 1.54) is 29.5 Å². The summed E-state index contributed by atoms with van der Waals surface area (Å²) in [6.45, 7) is 0.289. The lowest BCUT2D eigenvalue weighted by Crippen LogP contribution is -2.07. The lowest BCUT2D eigenvalue weighted by atomic mass is 10.2. The highest BCUT2D eigenvalue weighted by atomic mass is 32.1. The molecular formula is C23H17FN2O2S. The number of benzene rings is 3. The van der Waals surface area contributed by atoms with Crippen LogP contribution in [0.3, 0.4) is 0 Å². The molecule has 0 fully saturated rings. The number of carbonyl (C=O) groups is 1. The summed E-state index contributed by atoms with van der Waals surface area (Å²) < 4.78 is 19.9. The Bertz CT molecular complexity index is 1140. The fourth-order valence-electron chi connectivity index (χ4n) is 2.71. The van der Waals surface area contributed by atoms with Crippen LogP contribution in [-0.4, -0.2) is 10.9 Å². The number of anilines is 1.